The van der Waals surface area contributed by atoms with Crippen molar-refractivity contribution in [3.05, 3.63) is 12.1 Å². The Kier molecular flexibility index (Phi) is 3.66. The Balaban J connectivity index is 1.82. The molecule has 2 amide bonds. The summed E-state index contributed by atoms with van der Waals surface area (Å²) in [6, 6.07) is 2.81. The second-order valence-electron chi connectivity index (χ2n) is 5.13. The fourth-order valence-electron chi connectivity index (χ4n) is 2.57. The normalized spacial score (nSPS) is 16.1. The topological polar surface area (TPSA) is 97.6 Å². The third-order valence-corrected chi connectivity index (χ3v) is 3.81. The molecule has 0 saturated carbocycles. The summed E-state index contributed by atoms with van der Waals surface area (Å²) >= 11 is 0. The van der Waals surface area contributed by atoms with Crippen LogP contribution in [-0.2, 0) is 9.59 Å². The Hall–Kier alpha value is -2.64. The maximum absolute atomic E-state index is 12.3. The molecule has 3 rings (SSSR count). The molecule has 1 aromatic heterocycles. The number of carbonyl (C=O) groups is 2. The fourth-order valence-corrected chi connectivity index (χ4v) is 2.57. The number of nitrogens with zero attached hydrogens (tertiary/aromatic N) is 3. The molecular formula is C14H16N4O4. The van der Waals surface area contributed by atoms with Crippen LogP contribution < -0.4 is 10.1 Å². The lowest BCUT2D eigenvalue weighted by Gasteiger charge is -2.23. The largest absolute Gasteiger partial charge is 0.494 e. The first-order valence-corrected chi connectivity index (χ1v) is 7.01. The van der Waals surface area contributed by atoms with Crippen LogP contribution >= 0.6 is 0 Å². The highest BCUT2D eigenvalue weighted by molar-refractivity contribution is 6.03. The van der Waals surface area contributed by atoms with Crippen molar-refractivity contribution in [3.8, 4) is 5.75 Å². The van der Waals surface area contributed by atoms with Crippen LogP contribution in [0, 0.1) is 0 Å². The van der Waals surface area contributed by atoms with Gasteiger partial charge in [-0.3, -0.25) is 9.59 Å². The van der Waals surface area contributed by atoms with Crippen molar-refractivity contribution in [2.24, 2.45) is 0 Å². The van der Waals surface area contributed by atoms with Crippen LogP contribution in [0.3, 0.4) is 0 Å². The Morgan fingerprint density at radius 1 is 1.41 bits per heavy atom. The summed E-state index contributed by atoms with van der Waals surface area (Å²) < 4.78 is 9.87. The average molecular weight is 304 g/mol. The first-order valence-electron chi connectivity index (χ1n) is 7.01. The number of amides is 2. The van der Waals surface area contributed by atoms with Crippen molar-refractivity contribution in [2.75, 3.05) is 19.0 Å². The Morgan fingerprint density at radius 2 is 2.18 bits per heavy atom. The molecule has 1 N–H and O–H groups in total. The highest BCUT2D eigenvalue weighted by Gasteiger charge is 2.29. The van der Waals surface area contributed by atoms with Crippen molar-refractivity contribution < 1.29 is 19.0 Å². The lowest BCUT2D eigenvalue weighted by molar-refractivity contribution is -0.134. The van der Waals surface area contributed by atoms with E-state index in [0.29, 0.717) is 35.4 Å². The van der Waals surface area contributed by atoms with Crippen LogP contribution in [0.1, 0.15) is 19.8 Å². The summed E-state index contributed by atoms with van der Waals surface area (Å²) in [4.78, 5) is 25.6. The molecule has 2 heterocycles. The molecule has 1 fully saturated rings. The van der Waals surface area contributed by atoms with E-state index in [1.807, 2.05) is 0 Å². The minimum atomic E-state index is -0.535. The van der Waals surface area contributed by atoms with E-state index in [9.17, 15) is 9.59 Å². The van der Waals surface area contributed by atoms with Gasteiger partial charge in [0.2, 0.25) is 11.8 Å². The first-order chi connectivity index (χ1) is 10.6. The molecule has 1 aliphatic rings. The van der Waals surface area contributed by atoms with Crippen molar-refractivity contribution in [2.45, 2.75) is 25.8 Å². The number of aromatic nitrogens is 2. The Labute approximate surface area is 126 Å². The van der Waals surface area contributed by atoms with E-state index >= 15 is 0 Å². The SMILES string of the molecule is COc1ccc(NC(=O)C(C)N2CCCC2=O)c2nonc12. The quantitative estimate of drug-likeness (QED) is 0.911. The predicted molar refractivity (Wildman–Crippen MR) is 77.4 cm³/mol. The minimum absolute atomic E-state index is 0.00521. The summed E-state index contributed by atoms with van der Waals surface area (Å²) in [5.41, 5.74) is 1.32. The van der Waals surface area contributed by atoms with Gasteiger partial charge in [-0.2, -0.15) is 0 Å². The molecule has 1 unspecified atom stereocenters. The van der Waals surface area contributed by atoms with Gasteiger partial charge in [0.25, 0.3) is 0 Å². The minimum Gasteiger partial charge on any atom is -0.494 e. The van der Waals surface area contributed by atoms with E-state index in [2.05, 4.69) is 15.6 Å². The zero-order valence-corrected chi connectivity index (χ0v) is 12.3. The van der Waals surface area contributed by atoms with E-state index in [4.69, 9.17) is 9.37 Å². The number of likely N-dealkylation sites (tertiary alicyclic amines) is 1. The van der Waals surface area contributed by atoms with Gasteiger partial charge in [-0.1, -0.05) is 0 Å². The van der Waals surface area contributed by atoms with Crippen LogP contribution in [-0.4, -0.2) is 46.7 Å². The number of nitrogens with one attached hydrogen (secondary N) is 1. The Bertz CT molecular complexity index is 727. The maximum Gasteiger partial charge on any atom is 0.246 e. The van der Waals surface area contributed by atoms with Gasteiger partial charge in [-0.25, -0.2) is 4.63 Å². The number of ether oxygens (including phenoxy) is 1. The lowest BCUT2D eigenvalue weighted by Crippen LogP contribution is -2.42. The number of fused-ring (bicyclic) bond motifs is 1. The molecule has 116 valence electrons. The van der Waals surface area contributed by atoms with Crippen LogP contribution in [0.2, 0.25) is 0 Å². The standard InChI is InChI=1S/C14H16N4O4/c1-8(18-7-3-4-11(18)19)14(20)15-9-5-6-10(21-2)13-12(9)16-22-17-13/h5-6,8H,3-4,7H2,1-2H3,(H,15,20). The van der Waals surface area contributed by atoms with Crippen LogP contribution in [0.15, 0.2) is 16.8 Å². The molecule has 8 nitrogen and oxygen atoms in total. The molecule has 8 heteroatoms. The van der Waals surface area contributed by atoms with Crippen LogP contribution in [0.25, 0.3) is 11.0 Å². The average Bonchev–Trinajstić information content (AvgIpc) is 3.15. The van der Waals surface area contributed by atoms with Gasteiger partial charge in [-0.15, -0.1) is 0 Å². The number of benzene rings is 1. The van der Waals surface area contributed by atoms with Gasteiger partial charge in [0.15, 0.2) is 16.8 Å². The smallest absolute Gasteiger partial charge is 0.246 e. The predicted octanol–water partition coefficient (Wildman–Crippen LogP) is 1.18. The van der Waals surface area contributed by atoms with E-state index in [-0.39, 0.29) is 11.8 Å². The number of hydrogen-bond donors (Lipinski definition) is 1. The molecular weight excluding hydrogens is 288 g/mol. The van der Waals surface area contributed by atoms with E-state index in [1.54, 1.807) is 24.0 Å². The van der Waals surface area contributed by atoms with Crippen molar-refractivity contribution in [1.82, 2.24) is 15.2 Å². The van der Waals surface area contributed by atoms with Crippen LogP contribution in [0.4, 0.5) is 5.69 Å². The highest BCUT2D eigenvalue weighted by atomic mass is 16.6. The summed E-state index contributed by atoms with van der Waals surface area (Å²) in [7, 11) is 1.52. The fraction of sp³-hybridized carbons (Fsp3) is 0.429. The van der Waals surface area contributed by atoms with Crippen LogP contribution in [0.5, 0.6) is 5.75 Å². The van der Waals surface area contributed by atoms with Gasteiger partial charge in [-0.05, 0) is 35.8 Å². The van der Waals surface area contributed by atoms with E-state index < -0.39 is 6.04 Å². The highest BCUT2D eigenvalue weighted by Crippen LogP contribution is 2.29. The molecule has 1 aliphatic heterocycles. The molecule has 1 aromatic carbocycles. The summed E-state index contributed by atoms with van der Waals surface area (Å²) in [5.74, 6) is 0.243. The molecule has 0 aliphatic carbocycles. The lowest BCUT2D eigenvalue weighted by atomic mass is 10.2. The molecule has 1 saturated heterocycles. The van der Waals surface area contributed by atoms with E-state index in [1.165, 1.54) is 7.11 Å². The second-order valence-corrected chi connectivity index (χ2v) is 5.13. The molecule has 0 radical (unpaired) electrons. The number of anilines is 1. The van der Waals surface area contributed by atoms with Gasteiger partial charge in [0.05, 0.1) is 12.8 Å². The summed E-state index contributed by atoms with van der Waals surface area (Å²) in [5, 5.41) is 10.3. The van der Waals surface area contributed by atoms with Crippen molar-refractivity contribution >= 4 is 28.5 Å². The van der Waals surface area contributed by atoms with Crippen molar-refractivity contribution in [3.63, 3.8) is 0 Å². The Morgan fingerprint density at radius 3 is 2.86 bits per heavy atom. The summed E-state index contributed by atoms with van der Waals surface area (Å²) in [6.45, 7) is 2.32. The first kappa shape index (κ1) is 14.3. The molecule has 0 spiro atoms. The second kappa shape index (κ2) is 5.63. The molecule has 0 bridgehead atoms. The number of carbonyl (C=O) groups excluding carboxylic acids is 2. The molecule has 2 aromatic rings. The van der Waals surface area contributed by atoms with E-state index in [0.717, 1.165) is 6.42 Å². The maximum atomic E-state index is 12.3. The molecule has 22 heavy (non-hydrogen) atoms. The van der Waals surface area contributed by atoms with Crippen molar-refractivity contribution in [1.29, 1.82) is 0 Å². The zero-order chi connectivity index (χ0) is 15.7. The van der Waals surface area contributed by atoms with Gasteiger partial charge >= 0.3 is 0 Å². The molecule has 1 atom stereocenters. The summed E-state index contributed by atoms with van der Waals surface area (Å²) in [6.07, 6.45) is 1.29. The van der Waals surface area contributed by atoms with Gasteiger partial charge in [0.1, 0.15) is 6.04 Å². The zero-order valence-electron chi connectivity index (χ0n) is 12.3. The third-order valence-electron chi connectivity index (χ3n) is 3.81. The van der Waals surface area contributed by atoms with Gasteiger partial charge in [0, 0.05) is 13.0 Å². The third kappa shape index (κ3) is 2.36. The van der Waals surface area contributed by atoms with Gasteiger partial charge < -0.3 is 15.0 Å². The monoisotopic (exact) mass is 304 g/mol. The number of rotatable bonds is 4. The number of hydrogen-bond acceptors (Lipinski definition) is 6. The number of methoxy groups -OCH3 is 1.